The zero-order valence-electron chi connectivity index (χ0n) is 19.7. The molecule has 35 heavy (non-hydrogen) atoms. The van der Waals surface area contributed by atoms with Gasteiger partial charge in [0, 0.05) is 22.6 Å². The number of nitrogens with zero attached hydrogens (tertiary/aromatic N) is 2. The Morgan fingerprint density at radius 2 is 1.91 bits per heavy atom. The lowest BCUT2D eigenvalue weighted by molar-refractivity contribution is -0.0191. The lowest BCUT2D eigenvalue weighted by atomic mass is 9.96. The summed E-state index contributed by atoms with van der Waals surface area (Å²) < 4.78 is 23.4. The third-order valence-corrected chi connectivity index (χ3v) is 6.32. The quantitative estimate of drug-likeness (QED) is 0.335. The molecule has 3 aromatic carbocycles. The van der Waals surface area contributed by atoms with E-state index in [2.05, 4.69) is 6.58 Å². The number of hydrogen-bond donors (Lipinski definition) is 0. The normalized spacial score (nSPS) is 18.1. The minimum Gasteiger partial charge on any atom is -0.494 e. The van der Waals surface area contributed by atoms with Gasteiger partial charge in [0.15, 0.2) is 11.5 Å². The lowest BCUT2D eigenvalue weighted by Crippen LogP contribution is -2.33. The molecular weight excluding hydrogens is 464 g/mol. The average molecular weight is 491 g/mol. The molecule has 0 N–H and O–H groups in total. The Labute approximate surface area is 210 Å². The van der Waals surface area contributed by atoms with Crippen LogP contribution < -0.4 is 18.9 Å². The van der Waals surface area contributed by atoms with Crippen LogP contribution in [-0.2, 0) is 0 Å². The van der Waals surface area contributed by atoms with Crippen LogP contribution in [-0.4, -0.2) is 31.0 Å². The van der Waals surface area contributed by atoms with E-state index in [0.717, 1.165) is 40.3 Å². The maximum Gasteiger partial charge on any atom is 0.214 e. The van der Waals surface area contributed by atoms with Crippen LogP contribution in [0.1, 0.15) is 42.3 Å². The first-order valence-corrected chi connectivity index (χ1v) is 12.0. The van der Waals surface area contributed by atoms with Gasteiger partial charge >= 0.3 is 0 Å². The highest BCUT2D eigenvalue weighted by Crippen LogP contribution is 2.49. The van der Waals surface area contributed by atoms with Gasteiger partial charge < -0.3 is 18.9 Å². The predicted molar refractivity (Wildman–Crippen MR) is 137 cm³/mol. The van der Waals surface area contributed by atoms with Gasteiger partial charge in [0.05, 0.1) is 25.5 Å². The first-order chi connectivity index (χ1) is 17.1. The first kappa shape index (κ1) is 23.1. The van der Waals surface area contributed by atoms with Crippen molar-refractivity contribution in [2.24, 2.45) is 5.10 Å². The fourth-order valence-corrected chi connectivity index (χ4v) is 4.65. The summed E-state index contributed by atoms with van der Waals surface area (Å²) in [6.07, 6.45) is 2.00. The highest BCUT2D eigenvalue weighted by atomic mass is 35.5. The average Bonchev–Trinajstić information content (AvgIpc) is 3.33. The SMILES string of the molecule is C=CCOc1ccc(C2Oc3ccc(Cl)cc3C3CC(c4ccc(OCC)cc4)=NN32)cc1OC. The molecule has 0 aliphatic carbocycles. The van der Waals surface area contributed by atoms with Gasteiger partial charge in [0.2, 0.25) is 6.23 Å². The summed E-state index contributed by atoms with van der Waals surface area (Å²) in [5, 5.41) is 7.71. The van der Waals surface area contributed by atoms with E-state index in [1.807, 2.05) is 72.6 Å². The summed E-state index contributed by atoms with van der Waals surface area (Å²) in [7, 11) is 1.62. The zero-order valence-corrected chi connectivity index (χ0v) is 20.5. The molecule has 2 atom stereocenters. The second-order valence-electron chi connectivity index (χ2n) is 8.27. The molecule has 0 aromatic heterocycles. The van der Waals surface area contributed by atoms with Gasteiger partial charge in [-0.15, -0.1) is 0 Å². The summed E-state index contributed by atoms with van der Waals surface area (Å²) in [5.41, 5.74) is 3.97. The lowest BCUT2D eigenvalue weighted by Gasteiger charge is -2.38. The number of hydrazone groups is 1. The molecule has 0 fully saturated rings. The van der Waals surface area contributed by atoms with Crippen LogP contribution in [0.5, 0.6) is 23.0 Å². The maximum atomic E-state index is 6.47. The number of halogens is 1. The van der Waals surface area contributed by atoms with Crippen molar-refractivity contribution < 1.29 is 18.9 Å². The second-order valence-corrected chi connectivity index (χ2v) is 8.70. The first-order valence-electron chi connectivity index (χ1n) is 11.6. The number of benzene rings is 3. The molecule has 0 amide bonds. The minimum absolute atomic E-state index is 0.00768. The van der Waals surface area contributed by atoms with E-state index in [-0.39, 0.29) is 6.04 Å². The Kier molecular flexibility index (Phi) is 6.55. The van der Waals surface area contributed by atoms with Crippen molar-refractivity contribution in [2.75, 3.05) is 20.3 Å². The molecule has 0 saturated carbocycles. The third kappa shape index (κ3) is 4.54. The van der Waals surface area contributed by atoms with Gasteiger partial charge in [-0.3, -0.25) is 0 Å². The Morgan fingerprint density at radius 1 is 1.09 bits per heavy atom. The van der Waals surface area contributed by atoms with Crippen LogP contribution in [0.15, 0.2) is 78.4 Å². The van der Waals surface area contributed by atoms with E-state index in [0.29, 0.717) is 29.7 Å². The van der Waals surface area contributed by atoms with Gasteiger partial charge in [-0.1, -0.05) is 24.3 Å². The van der Waals surface area contributed by atoms with Crippen LogP contribution in [0, 0.1) is 0 Å². The number of ether oxygens (including phenoxy) is 4. The van der Waals surface area contributed by atoms with Crippen molar-refractivity contribution in [1.29, 1.82) is 0 Å². The largest absolute Gasteiger partial charge is 0.494 e. The monoisotopic (exact) mass is 490 g/mol. The highest BCUT2D eigenvalue weighted by Gasteiger charge is 2.41. The molecule has 0 bridgehead atoms. The van der Waals surface area contributed by atoms with E-state index < -0.39 is 6.23 Å². The molecule has 3 aromatic rings. The molecular formula is C28H27ClN2O4. The van der Waals surface area contributed by atoms with Gasteiger partial charge in [0.1, 0.15) is 18.1 Å². The molecule has 2 aliphatic rings. The van der Waals surface area contributed by atoms with Gasteiger partial charge in [-0.25, -0.2) is 5.01 Å². The van der Waals surface area contributed by atoms with Gasteiger partial charge in [-0.2, -0.15) is 5.10 Å². The molecule has 7 heteroatoms. The molecule has 6 nitrogen and oxygen atoms in total. The van der Waals surface area contributed by atoms with E-state index >= 15 is 0 Å². The Hall–Kier alpha value is -3.64. The molecule has 180 valence electrons. The number of methoxy groups -OCH3 is 1. The van der Waals surface area contributed by atoms with Crippen molar-refractivity contribution in [1.82, 2.24) is 5.01 Å². The predicted octanol–water partition coefficient (Wildman–Crippen LogP) is 6.55. The van der Waals surface area contributed by atoms with Crippen molar-refractivity contribution in [3.05, 3.63) is 95.0 Å². The van der Waals surface area contributed by atoms with Crippen molar-refractivity contribution in [2.45, 2.75) is 25.6 Å². The van der Waals surface area contributed by atoms with E-state index in [1.165, 1.54) is 0 Å². The van der Waals surface area contributed by atoms with Crippen molar-refractivity contribution >= 4 is 17.3 Å². The summed E-state index contributed by atoms with van der Waals surface area (Å²) in [6, 6.07) is 19.6. The molecule has 0 radical (unpaired) electrons. The smallest absolute Gasteiger partial charge is 0.214 e. The topological polar surface area (TPSA) is 52.5 Å². The molecule has 0 spiro atoms. The fourth-order valence-electron chi connectivity index (χ4n) is 4.47. The number of rotatable bonds is 8. The van der Waals surface area contributed by atoms with Gasteiger partial charge in [-0.05, 0) is 73.2 Å². The fraction of sp³-hybridized carbons (Fsp3) is 0.250. The van der Waals surface area contributed by atoms with Crippen molar-refractivity contribution in [3.8, 4) is 23.0 Å². The van der Waals surface area contributed by atoms with E-state index in [4.69, 9.17) is 35.6 Å². The zero-order chi connectivity index (χ0) is 24.4. The third-order valence-electron chi connectivity index (χ3n) is 6.08. The standard InChI is InChI=1S/C28H27ClN2O4/c1-4-14-34-26-12-8-19(15-27(26)32-3)28-31-24(22-16-20(29)9-13-25(22)35-28)17-23(30-31)18-6-10-21(11-7-18)33-5-2/h4,6-13,15-16,24,28H,1,5,14,17H2,2-3H3. The van der Waals surface area contributed by atoms with E-state index in [9.17, 15) is 0 Å². The van der Waals surface area contributed by atoms with Crippen molar-refractivity contribution in [3.63, 3.8) is 0 Å². The molecule has 2 unspecified atom stereocenters. The van der Waals surface area contributed by atoms with Crippen LogP contribution in [0.25, 0.3) is 0 Å². The molecule has 0 saturated heterocycles. The summed E-state index contributed by atoms with van der Waals surface area (Å²) in [6.45, 7) is 6.71. The summed E-state index contributed by atoms with van der Waals surface area (Å²) in [4.78, 5) is 0. The van der Waals surface area contributed by atoms with Crippen LogP contribution in [0.3, 0.4) is 0 Å². The maximum absolute atomic E-state index is 6.47. The minimum atomic E-state index is -0.434. The number of fused-ring (bicyclic) bond motifs is 3. The highest BCUT2D eigenvalue weighted by molar-refractivity contribution is 6.30. The Balaban J connectivity index is 1.53. The Bertz CT molecular complexity index is 1260. The van der Waals surface area contributed by atoms with Crippen LogP contribution in [0.2, 0.25) is 5.02 Å². The molecule has 2 heterocycles. The van der Waals surface area contributed by atoms with Crippen LogP contribution >= 0.6 is 11.6 Å². The number of hydrogen-bond acceptors (Lipinski definition) is 6. The summed E-state index contributed by atoms with van der Waals surface area (Å²) >= 11 is 6.36. The van der Waals surface area contributed by atoms with Crippen LogP contribution in [0.4, 0.5) is 0 Å². The van der Waals surface area contributed by atoms with E-state index in [1.54, 1.807) is 13.2 Å². The molecule has 5 rings (SSSR count). The molecule has 2 aliphatic heterocycles. The van der Waals surface area contributed by atoms with Gasteiger partial charge in [0.25, 0.3) is 0 Å². The summed E-state index contributed by atoms with van der Waals surface area (Å²) in [5.74, 6) is 2.92. The second kappa shape index (κ2) is 9.92. The Morgan fingerprint density at radius 3 is 2.66 bits per heavy atom.